The molecule has 1 aromatic carbocycles. The molecule has 1 N–H and O–H groups in total. The van der Waals surface area contributed by atoms with Crippen LogP contribution in [0.2, 0.25) is 0 Å². The van der Waals surface area contributed by atoms with Gasteiger partial charge in [0.1, 0.15) is 0 Å². The van der Waals surface area contributed by atoms with Crippen LogP contribution in [-0.4, -0.2) is 25.1 Å². The lowest BCUT2D eigenvalue weighted by molar-refractivity contribution is -0.121. The third-order valence-corrected chi connectivity index (χ3v) is 4.43. The van der Waals surface area contributed by atoms with E-state index in [1.807, 2.05) is 48.0 Å². The van der Waals surface area contributed by atoms with Gasteiger partial charge in [-0.15, -0.1) is 10.2 Å². The number of para-hydroxylation sites is 1. The van der Waals surface area contributed by atoms with Crippen molar-refractivity contribution in [1.29, 1.82) is 0 Å². The lowest BCUT2D eigenvalue weighted by Gasteiger charge is -2.04. The minimum absolute atomic E-state index is 0.0145. The average Bonchev–Trinajstić information content (AvgIpc) is 3.20. The number of benzene rings is 1. The number of aryl methyl sites for hydroxylation is 2. The van der Waals surface area contributed by atoms with Crippen molar-refractivity contribution in [2.45, 2.75) is 19.4 Å². The van der Waals surface area contributed by atoms with Crippen LogP contribution in [0.3, 0.4) is 0 Å². The molecule has 6 nitrogen and oxygen atoms in total. The van der Waals surface area contributed by atoms with Gasteiger partial charge in [-0.05, 0) is 30.2 Å². The number of fused-ring (bicyclic) bond motifs is 2. The number of carbonyl (C=O) groups excluding carboxylic acids is 1. The van der Waals surface area contributed by atoms with Crippen LogP contribution in [0, 0.1) is 0 Å². The zero-order chi connectivity index (χ0) is 17.2. The Morgan fingerprint density at radius 3 is 2.88 bits per heavy atom. The first-order valence-corrected chi connectivity index (χ1v) is 8.30. The van der Waals surface area contributed by atoms with Crippen molar-refractivity contribution in [3.63, 3.8) is 0 Å². The lowest BCUT2D eigenvalue weighted by atomic mass is 10.1. The Balaban J connectivity index is 1.39. The first-order valence-electron chi connectivity index (χ1n) is 8.30. The smallest absolute Gasteiger partial charge is 0.220 e. The highest BCUT2D eigenvalue weighted by atomic mass is 16.1. The SMILES string of the molecule is Cn1cc(CCC(=O)NCc2nnc3ccccn23)c2ccccc21. The predicted molar refractivity (Wildman–Crippen MR) is 96.1 cm³/mol. The molecular formula is C19H19N5O. The summed E-state index contributed by atoms with van der Waals surface area (Å²) in [7, 11) is 2.03. The summed E-state index contributed by atoms with van der Waals surface area (Å²) in [5.41, 5.74) is 3.16. The number of pyridine rings is 1. The summed E-state index contributed by atoms with van der Waals surface area (Å²) in [6.07, 6.45) is 5.16. The van der Waals surface area contributed by atoms with E-state index in [9.17, 15) is 4.79 Å². The van der Waals surface area contributed by atoms with E-state index in [1.165, 1.54) is 16.5 Å². The Bertz CT molecular complexity index is 1050. The van der Waals surface area contributed by atoms with Gasteiger partial charge in [0.05, 0.1) is 6.54 Å². The fraction of sp³-hybridized carbons (Fsp3) is 0.211. The summed E-state index contributed by atoms with van der Waals surface area (Å²) in [5, 5.41) is 12.4. The molecule has 0 fully saturated rings. The quantitative estimate of drug-likeness (QED) is 0.610. The number of nitrogens with one attached hydrogen (secondary N) is 1. The number of hydrogen-bond acceptors (Lipinski definition) is 3. The van der Waals surface area contributed by atoms with Gasteiger partial charge in [-0.2, -0.15) is 0 Å². The van der Waals surface area contributed by atoms with Gasteiger partial charge in [0.2, 0.25) is 5.91 Å². The number of amides is 1. The molecule has 0 unspecified atom stereocenters. The minimum Gasteiger partial charge on any atom is -0.350 e. The first-order chi connectivity index (χ1) is 12.2. The molecular weight excluding hydrogens is 314 g/mol. The summed E-state index contributed by atoms with van der Waals surface area (Å²) >= 11 is 0. The second kappa shape index (κ2) is 6.39. The van der Waals surface area contributed by atoms with Crippen molar-refractivity contribution in [3.8, 4) is 0 Å². The maximum absolute atomic E-state index is 12.2. The maximum Gasteiger partial charge on any atom is 0.220 e. The van der Waals surface area contributed by atoms with Crippen molar-refractivity contribution in [3.05, 3.63) is 66.2 Å². The van der Waals surface area contributed by atoms with Crippen LogP contribution in [0.25, 0.3) is 16.6 Å². The fourth-order valence-electron chi connectivity index (χ4n) is 3.15. The summed E-state index contributed by atoms with van der Waals surface area (Å²) in [5.74, 6) is 0.745. The highest BCUT2D eigenvalue weighted by Crippen LogP contribution is 2.21. The van der Waals surface area contributed by atoms with Gasteiger partial charge in [0, 0.05) is 36.8 Å². The monoisotopic (exact) mass is 333 g/mol. The van der Waals surface area contributed by atoms with Crippen molar-refractivity contribution >= 4 is 22.5 Å². The first kappa shape index (κ1) is 15.4. The molecule has 0 bridgehead atoms. The molecule has 0 radical (unpaired) electrons. The van der Waals surface area contributed by atoms with Gasteiger partial charge in [-0.25, -0.2) is 0 Å². The lowest BCUT2D eigenvalue weighted by Crippen LogP contribution is -2.24. The number of rotatable bonds is 5. The van der Waals surface area contributed by atoms with E-state index in [2.05, 4.69) is 38.4 Å². The van der Waals surface area contributed by atoms with Crippen LogP contribution in [0.4, 0.5) is 0 Å². The van der Waals surface area contributed by atoms with Crippen molar-refractivity contribution in [2.75, 3.05) is 0 Å². The second-order valence-corrected chi connectivity index (χ2v) is 6.10. The van der Waals surface area contributed by atoms with E-state index in [4.69, 9.17) is 0 Å². The van der Waals surface area contributed by atoms with Crippen LogP contribution in [-0.2, 0) is 24.8 Å². The van der Waals surface area contributed by atoms with E-state index in [1.54, 1.807) is 0 Å². The van der Waals surface area contributed by atoms with Gasteiger partial charge in [0.25, 0.3) is 0 Å². The normalized spacial score (nSPS) is 11.2. The molecule has 0 aliphatic rings. The fourth-order valence-corrected chi connectivity index (χ4v) is 3.15. The zero-order valence-electron chi connectivity index (χ0n) is 14.0. The molecule has 0 aliphatic heterocycles. The van der Waals surface area contributed by atoms with E-state index in [0.29, 0.717) is 19.4 Å². The summed E-state index contributed by atoms with van der Waals surface area (Å²) < 4.78 is 3.98. The van der Waals surface area contributed by atoms with Gasteiger partial charge in [0.15, 0.2) is 11.5 Å². The van der Waals surface area contributed by atoms with Gasteiger partial charge in [-0.1, -0.05) is 24.3 Å². The molecule has 0 spiro atoms. The Morgan fingerprint density at radius 1 is 1.12 bits per heavy atom. The average molecular weight is 333 g/mol. The molecule has 0 atom stereocenters. The number of hydrogen-bond donors (Lipinski definition) is 1. The number of carbonyl (C=O) groups is 1. The largest absolute Gasteiger partial charge is 0.350 e. The van der Waals surface area contributed by atoms with E-state index >= 15 is 0 Å². The van der Waals surface area contributed by atoms with Crippen molar-refractivity contribution in [1.82, 2.24) is 24.5 Å². The summed E-state index contributed by atoms with van der Waals surface area (Å²) in [6.45, 7) is 0.375. The van der Waals surface area contributed by atoms with E-state index in [-0.39, 0.29) is 5.91 Å². The summed E-state index contributed by atoms with van der Waals surface area (Å²) in [6, 6.07) is 14.0. The summed E-state index contributed by atoms with van der Waals surface area (Å²) in [4.78, 5) is 12.2. The van der Waals surface area contributed by atoms with Crippen LogP contribution in [0.1, 0.15) is 17.8 Å². The molecule has 0 saturated carbocycles. The second-order valence-electron chi connectivity index (χ2n) is 6.10. The van der Waals surface area contributed by atoms with E-state index in [0.717, 1.165) is 11.5 Å². The molecule has 126 valence electrons. The van der Waals surface area contributed by atoms with Crippen molar-refractivity contribution in [2.24, 2.45) is 7.05 Å². The van der Waals surface area contributed by atoms with Crippen LogP contribution < -0.4 is 5.32 Å². The van der Waals surface area contributed by atoms with Crippen LogP contribution in [0.5, 0.6) is 0 Å². The third-order valence-electron chi connectivity index (χ3n) is 4.43. The van der Waals surface area contributed by atoms with Crippen LogP contribution >= 0.6 is 0 Å². The molecule has 4 rings (SSSR count). The molecule has 3 aromatic heterocycles. The Kier molecular flexibility index (Phi) is 3.93. The molecule has 6 heteroatoms. The number of nitrogens with zero attached hydrogens (tertiary/aromatic N) is 4. The molecule has 0 aliphatic carbocycles. The standard InChI is InChI=1S/C19H19N5O/c1-23-13-14(15-6-2-3-7-16(15)23)9-10-19(25)20-12-18-22-21-17-8-4-5-11-24(17)18/h2-8,11,13H,9-10,12H2,1H3,(H,20,25). The third kappa shape index (κ3) is 2.98. The molecule has 0 saturated heterocycles. The minimum atomic E-state index is 0.0145. The highest BCUT2D eigenvalue weighted by molar-refractivity contribution is 5.84. The molecule has 4 aromatic rings. The number of aromatic nitrogens is 4. The Morgan fingerprint density at radius 2 is 1.96 bits per heavy atom. The van der Waals surface area contributed by atoms with Gasteiger partial charge < -0.3 is 9.88 Å². The Labute approximate surface area is 145 Å². The molecule has 1 amide bonds. The highest BCUT2D eigenvalue weighted by Gasteiger charge is 2.10. The topological polar surface area (TPSA) is 64.2 Å². The maximum atomic E-state index is 12.2. The van der Waals surface area contributed by atoms with Gasteiger partial charge in [-0.3, -0.25) is 9.20 Å². The van der Waals surface area contributed by atoms with Crippen LogP contribution in [0.15, 0.2) is 54.9 Å². The van der Waals surface area contributed by atoms with Gasteiger partial charge >= 0.3 is 0 Å². The zero-order valence-corrected chi connectivity index (χ0v) is 14.0. The van der Waals surface area contributed by atoms with E-state index < -0.39 is 0 Å². The Hall–Kier alpha value is -3.15. The molecule has 3 heterocycles. The predicted octanol–water partition coefficient (Wildman–Crippen LogP) is 2.47. The van der Waals surface area contributed by atoms with Crippen molar-refractivity contribution < 1.29 is 4.79 Å². The molecule has 25 heavy (non-hydrogen) atoms.